The number of hydrogen-bond acceptors (Lipinski definition) is 6. The van der Waals surface area contributed by atoms with Crippen LogP contribution in [0.4, 0.5) is 0 Å². The van der Waals surface area contributed by atoms with Gasteiger partial charge in [-0.05, 0) is 55.0 Å². The predicted octanol–water partition coefficient (Wildman–Crippen LogP) is 4.35. The molecule has 2 heterocycles. The summed E-state index contributed by atoms with van der Waals surface area (Å²) >= 11 is 0. The SMILES string of the molecule is COc1cc(/C=C/C(=O)c2cccc(-n3cc(-c4ccc(C)o4)[nH]c3=O)c2)cc(OC)c1O. The van der Waals surface area contributed by atoms with E-state index < -0.39 is 0 Å². The number of aromatic nitrogens is 2. The Morgan fingerprint density at radius 3 is 2.45 bits per heavy atom. The summed E-state index contributed by atoms with van der Waals surface area (Å²) in [5, 5.41) is 10.0. The zero-order chi connectivity index (χ0) is 23.5. The fraction of sp³-hybridized carbons (Fsp3) is 0.120. The highest BCUT2D eigenvalue weighted by molar-refractivity contribution is 6.07. The second-order valence-electron chi connectivity index (χ2n) is 7.28. The Morgan fingerprint density at radius 1 is 1.09 bits per heavy atom. The van der Waals surface area contributed by atoms with Crippen LogP contribution < -0.4 is 15.2 Å². The van der Waals surface area contributed by atoms with Gasteiger partial charge in [0.25, 0.3) is 0 Å². The van der Waals surface area contributed by atoms with Crippen molar-refractivity contribution < 1.29 is 23.8 Å². The molecule has 168 valence electrons. The van der Waals surface area contributed by atoms with E-state index in [1.165, 1.54) is 24.9 Å². The number of furan rings is 1. The van der Waals surface area contributed by atoms with Crippen LogP contribution in [0.5, 0.6) is 17.2 Å². The molecule has 0 bridgehead atoms. The van der Waals surface area contributed by atoms with Gasteiger partial charge in [-0.25, -0.2) is 4.79 Å². The smallest absolute Gasteiger partial charge is 0.330 e. The van der Waals surface area contributed by atoms with Gasteiger partial charge < -0.3 is 24.0 Å². The fourth-order valence-electron chi connectivity index (χ4n) is 3.38. The molecule has 0 spiro atoms. The number of aromatic amines is 1. The lowest BCUT2D eigenvalue weighted by Crippen LogP contribution is -2.14. The molecule has 0 saturated carbocycles. The summed E-state index contributed by atoms with van der Waals surface area (Å²) in [7, 11) is 2.86. The highest BCUT2D eigenvalue weighted by atomic mass is 16.5. The van der Waals surface area contributed by atoms with Crippen LogP contribution in [0, 0.1) is 6.92 Å². The van der Waals surface area contributed by atoms with Crippen LogP contribution in [-0.4, -0.2) is 34.7 Å². The molecule has 2 aromatic heterocycles. The van der Waals surface area contributed by atoms with Gasteiger partial charge in [0.1, 0.15) is 11.5 Å². The van der Waals surface area contributed by atoms with Gasteiger partial charge in [-0.1, -0.05) is 18.2 Å². The molecule has 0 fully saturated rings. The van der Waals surface area contributed by atoms with Crippen molar-refractivity contribution in [3.8, 4) is 34.4 Å². The van der Waals surface area contributed by atoms with E-state index in [2.05, 4.69) is 4.98 Å². The molecule has 0 saturated heterocycles. The number of imidazole rings is 1. The number of carbonyl (C=O) groups is 1. The van der Waals surface area contributed by atoms with Crippen LogP contribution in [-0.2, 0) is 0 Å². The predicted molar refractivity (Wildman–Crippen MR) is 123 cm³/mol. The van der Waals surface area contributed by atoms with Crippen molar-refractivity contribution in [1.29, 1.82) is 0 Å². The van der Waals surface area contributed by atoms with E-state index >= 15 is 0 Å². The summed E-state index contributed by atoms with van der Waals surface area (Å²) in [5.41, 5.74) is 1.76. The second kappa shape index (κ2) is 8.96. The molecule has 0 amide bonds. The molecule has 8 heteroatoms. The number of hydrogen-bond donors (Lipinski definition) is 2. The summed E-state index contributed by atoms with van der Waals surface area (Å²) < 4.78 is 17.3. The molecule has 0 unspecified atom stereocenters. The third kappa shape index (κ3) is 4.45. The quantitative estimate of drug-likeness (QED) is 0.323. The van der Waals surface area contributed by atoms with Crippen molar-refractivity contribution in [1.82, 2.24) is 9.55 Å². The molecule has 0 aliphatic rings. The Balaban J connectivity index is 1.61. The molecular formula is C25H22N2O6. The monoisotopic (exact) mass is 446 g/mol. The first-order valence-electron chi connectivity index (χ1n) is 10.1. The van der Waals surface area contributed by atoms with Crippen LogP contribution >= 0.6 is 0 Å². The number of nitrogens with zero attached hydrogens (tertiary/aromatic N) is 1. The number of nitrogens with one attached hydrogen (secondary N) is 1. The van der Waals surface area contributed by atoms with Crippen LogP contribution in [0.25, 0.3) is 23.2 Å². The fourth-order valence-corrected chi connectivity index (χ4v) is 3.38. The number of aromatic hydroxyl groups is 1. The number of phenolic OH excluding ortho intramolecular Hbond substituents is 1. The second-order valence-corrected chi connectivity index (χ2v) is 7.28. The molecule has 2 aromatic carbocycles. The third-order valence-electron chi connectivity index (χ3n) is 5.06. The molecule has 2 N–H and O–H groups in total. The van der Waals surface area contributed by atoms with E-state index in [1.54, 1.807) is 54.7 Å². The van der Waals surface area contributed by atoms with Crippen molar-refractivity contribution in [2.45, 2.75) is 6.92 Å². The highest BCUT2D eigenvalue weighted by Crippen LogP contribution is 2.37. The summed E-state index contributed by atoms with van der Waals surface area (Å²) in [6, 6.07) is 13.5. The number of H-pyrrole nitrogens is 1. The van der Waals surface area contributed by atoms with E-state index in [-0.39, 0.29) is 28.7 Å². The maximum absolute atomic E-state index is 12.8. The maximum atomic E-state index is 12.8. The Hall–Kier alpha value is -4.46. The maximum Gasteiger partial charge on any atom is 0.330 e. The van der Waals surface area contributed by atoms with Gasteiger partial charge in [0.2, 0.25) is 5.75 Å². The number of rotatable bonds is 7. The van der Waals surface area contributed by atoms with Gasteiger partial charge in [-0.2, -0.15) is 0 Å². The molecule has 0 aliphatic heterocycles. The van der Waals surface area contributed by atoms with Crippen LogP contribution in [0.3, 0.4) is 0 Å². The van der Waals surface area contributed by atoms with E-state index in [0.29, 0.717) is 28.3 Å². The number of allylic oxidation sites excluding steroid dienone is 1. The number of aryl methyl sites for hydroxylation is 1. The van der Waals surface area contributed by atoms with Crippen molar-refractivity contribution in [2.75, 3.05) is 14.2 Å². The minimum absolute atomic E-state index is 0.114. The van der Waals surface area contributed by atoms with Crippen LogP contribution in [0.2, 0.25) is 0 Å². The molecule has 0 atom stereocenters. The summed E-state index contributed by atoms with van der Waals surface area (Å²) in [5.74, 6) is 1.39. The normalized spacial score (nSPS) is 11.1. The molecular weight excluding hydrogens is 424 g/mol. The Kier molecular flexibility index (Phi) is 5.91. The minimum atomic E-state index is -0.345. The van der Waals surface area contributed by atoms with Crippen molar-refractivity contribution >= 4 is 11.9 Å². The number of methoxy groups -OCH3 is 2. The number of carbonyl (C=O) groups excluding carboxylic acids is 1. The minimum Gasteiger partial charge on any atom is -0.502 e. The third-order valence-corrected chi connectivity index (χ3v) is 5.06. The average molecular weight is 446 g/mol. The van der Waals surface area contributed by atoms with Gasteiger partial charge in [0.15, 0.2) is 23.0 Å². The van der Waals surface area contributed by atoms with Crippen molar-refractivity contribution in [3.05, 3.63) is 88.2 Å². The standard InChI is InChI=1S/C25H22N2O6/c1-15-7-10-21(33-15)19-14-27(25(30)26-19)18-6-4-5-17(13-18)20(28)9-8-16-11-22(31-2)24(29)23(12-16)32-3/h4-14,29H,1-3H3,(H,26,30)/b9-8+. The molecule has 4 rings (SSSR count). The number of benzene rings is 2. The first-order chi connectivity index (χ1) is 15.9. The van der Waals surface area contributed by atoms with Crippen molar-refractivity contribution in [2.24, 2.45) is 0 Å². The number of phenols is 1. The highest BCUT2D eigenvalue weighted by Gasteiger charge is 2.13. The molecule has 4 aromatic rings. The molecule has 33 heavy (non-hydrogen) atoms. The van der Waals surface area contributed by atoms with Crippen LogP contribution in [0.1, 0.15) is 21.7 Å². The van der Waals surface area contributed by atoms with Gasteiger partial charge in [0.05, 0.1) is 19.9 Å². The average Bonchev–Trinajstić information content (AvgIpc) is 3.43. The summed E-state index contributed by atoms with van der Waals surface area (Å²) in [6.07, 6.45) is 4.63. The lowest BCUT2D eigenvalue weighted by Gasteiger charge is -2.09. The van der Waals surface area contributed by atoms with Gasteiger partial charge in [-0.3, -0.25) is 9.36 Å². The van der Waals surface area contributed by atoms with E-state index in [4.69, 9.17) is 13.9 Å². The number of ether oxygens (including phenoxy) is 2. The Morgan fingerprint density at radius 2 is 1.82 bits per heavy atom. The van der Waals surface area contributed by atoms with E-state index in [9.17, 15) is 14.7 Å². The van der Waals surface area contributed by atoms with Gasteiger partial charge in [-0.15, -0.1) is 0 Å². The lowest BCUT2D eigenvalue weighted by molar-refractivity contribution is 0.104. The Bertz CT molecular complexity index is 1380. The Labute approximate surface area is 189 Å². The summed E-state index contributed by atoms with van der Waals surface area (Å²) in [6.45, 7) is 1.82. The molecule has 0 aliphatic carbocycles. The first-order valence-corrected chi connectivity index (χ1v) is 10.1. The van der Waals surface area contributed by atoms with Crippen molar-refractivity contribution in [3.63, 3.8) is 0 Å². The zero-order valence-electron chi connectivity index (χ0n) is 18.3. The summed E-state index contributed by atoms with van der Waals surface area (Å²) in [4.78, 5) is 28.0. The number of ketones is 1. The van der Waals surface area contributed by atoms with Gasteiger partial charge in [0, 0.05) is 11.8 Å². The molecule has 8 nitrogen and oxygen atoms in total. The van der Waals surface area contributed by atoms with E-state index in [0.717, 1.165) is 5.76 Å². The first kappa shape index (κ1) is 21.8. The topological polar surface area (TPSA) is 107 Å². The lowest BCUT2D eigenvalue weighted by atomic mass is 10.1. The van der Waals surface area contributed by atoms with E-state index in [1.807, 2.05) is 13.0 Å². The van der Waals surface area contributed by atoms with Gasteiger partial charge >= 0.3 is 5.69 Å². The largest absolute Gasteiger partial charge is 0.502 e. The van der Waals surface area contributed by atoms with Crippen LogP contribution in [0.15, 0.2) is 70.0 Å². The zero-order valence-corrected chi connectivity index (χ0v) is 18.3. The molecule has 0 radical (unpaired) electrons.